The molecule has 1 unspecified atom stereocenters. The minimum Gasteiger partial charge on any atom is -0.271 e. The van der Waals surface area contributed by atoms with E-state index in [0.29, 0.717) is 0 Å². The number of carbonyl (C=O) groups excluding carboxylic acids is 1. The molecule has 0 saturated carbocycles. The van der Waals surface area contributed by atoms with Gasteiger partial charge in [0.2, 0.25) is 0 Å². The predicted molar refractivity (Wildman–Crippen MR) is 129 cm³/mol. The lowest BCUT2D eigenvalue weighted by Gasteiger charge is -2.13. The second kappa shape index (κ2) is 8.49. The van der Waals surface area contributed by atoms with E-state index < -0.39 is 5.25 Å². The highest BCUT2D eigenvalue weighted by Crippen LogP contribution is 2.36. The molecule has 31 heavy (non-hydrogen) atoms. The maximum absolute atomic E-state index is 13.4. The molecule has 0 spiro atoms. The largest absolute Gasteiger partial charge is 0.271 e. The number of hydrogen-bond acceptors (Lipinski definition) is 5. The molecule has 152 valence electrons. The summed E-state index contributed by atoms with van der Waals surface area (Å²) in [6, 6.07) is 27.8. The molecule has 3 aromatic carbocycles. The van der Waals surface area contributed by atoms with Crippen molar-refractivity contribution in [1.82, 2.24) is 4.98 Å². The van der Waals surface area contributed by atoms with E-state index in [2.05, 4.69) is 31.2 Å². The van der Waals surface area contributed by atoms with Gasteiger partial charge in [0.15, 0.2) is 4.34 Å². The Morgan fingerprint density at radius 1 is 0.871 bits per heavy atom. The molecule has 0 aliphatic carbocycles. The van der Waals surface area contributed by atoms with Gasteiger partial charge >= 0.3 is 0 Å². The van der Waals surface area contributed by atoms with Crippen LogP contribution in [0.3, 0.4) is 0 Å². The van der Waals surface area contributed by atoms with Crippen LogP contribution in [0.25, 0.3) is 11.3 Å². The van der Waals surface area contributed by atoms with Gasteiger partial charge in [0.1, 0.15) is 5.25 Å². The SMILES string of the molecule is Cc1ccc(-c2csc(SC3C(=O)N(c4ccccc4)N=C3c3ccccc3)n2)cc1. The summed E-state index contributed by atoms with van der Waals surface area (Å²) < 4.78 is 0.854. The summed E-state index contributed by atoms with van der Waals surface area (Å²) in [5, 5.41) is 7.82. The molecule has 0 radical (unpaired) electrons. The van der Waals surface area contributed by atoms with Gasteiger partial charge in [0, 0.05) is 10.9 Å². The summed E-state index contributed by atoms with van der Waals surface area (Å²) in [7, 11) is 0. The standard InChI is InChI=1S/C25H19N3OS2/c1-17-12-14-18(15-13-17)21-16-30-25(26-21)31-23-22(19-8-4-2-5-9-19)27-28(24(23)29)20-10-6-3-7-11-20/h2-16,23H,1H3. The van der Waals surface area contributed by atoms with Gasteiger partial charge < -0.3 is 0 Å². The quantitative estimate of drug-likeness (QED) is 0.380. The number of amides is 1. The zero-order chi connectivity index (χ0) is 21.2. The molecule has 2 heterocycles. The monoisotopic (exact) mass is 441 g/mol. The Morgan fingerprint density at radius 2 is 1.55 bits per heavy atom. The van der Waals surface area contributed by atoms with Gasteiger partial charge in [0.25, 0.3) is 5.91 Å². The first kappa shape index (κ1) is 19.7. The van der Waals surface area contributed by atoms with Crippen molar-refractivity contribution in [3.05, 3.63) is 101 Å². The first-order valence-electron chi connectivity index (χ1n) is 9.91. The smallest absolute Gasteiger partial charge is 0.267 e. The summed E-state index contributed by atoms with van der Waals surface area (Å²) >= 11 is 3.02. The van der Waals surface area contributed by atoms with Crippen molar-refractivity contribution in [2.24, 2.45) is 5.10 Å². The third-order valence-electron chi connectivity index (χ3n) is 5.01. The normalized spacial score (nSPS) is 15.9. The summed E-state index contributed by atoms with van der Waals surface area (Å²) in [5.74, 6) is -0.0536. The average molecular weight is 442 g/mol. The fraction of sp³-hybridized carbons (Fsp3) is 0.0800. The third kappa shape index (κ3) is 4.04. The zero-order valence-electron chi connectivity index (χ0n) is 16.8. The molecule has 4 aromatic rings. The Labute approximate surface area is 189 Å². The van der Waals surface area contributed by atoms with Crippen LogP contribution in [0.1, 0.15) is 11.1 Å². The summed E-state index contributed by atoms with van der Waals surface area (Å²) in [6.45, 7) is 2.07. The van der Waals surface area contributed by atoms with Crippen molar-refractivity contribution in [2.45, 2.75) is 16.5 Å². The Balaban J connectivity index is 1.46. The molecule has 6 heteroatoms. The molecule has 5 rings (SSSR count). The minimum atomic E-state index is -0.445. The number of rotatable bonds is 5. The van der Waals surface area contributed by atoms with E-state index in [9.17, 15) is 4.79 Å². The Bertz CT molecular complexity index is 1230. The third-order valence-corrected chi connectivity index (χ3v) is 7.17. The van der Waals surface area contributed by atoms with E-state index in [4.69, 9.17) is 10.1 Å². The van der Waals surface area contributed by atoms with Crippen molar-refractivity contribution < 1.29 is 4.79 Å². The van der Waals surface area contributed by atoms with Crippen molar-refractivity contribution >= 4 is 40.4 Å². The average Bonchev–Trinajstić information content (AvgIpc) is 3.41. The molecule has 0 bridgehead atoms. The summed E-state index contributed by atoms with van der Waals surface area (Å²) in [4.78, 5) is 18.2. The van der Waals surface area contributed by atoms with Crippen molar-refractivity contribution in [2.75, 3.05) is 5.01 Å². The number of aryl methyl sites for hydroxylation is 1. The number of nitrogens with zero attached hydrogens (tertiary/aromatic N) is 3. The first-order valence-corrected chi connectivity index (χ1v) is 11.7. The second-order valence-electron chi connectivity index (χ2n) is 7.20. The van der Waals surface area contributed by atoms with Crippen LogP contribution in [-0.2, 0) is 4.79 Å². The van der Waals surface area contributed by atoms with Gasteiger partial charge in [-0.2, -0.15) is 10.1 Å². The maximum atomic E-state index is 13.4. The number of thiazole rings is 1. The van der Waals surface area contributed by atoms with Crippen LogP contribution < -0.4 is 5.01 Å². The van der Waals surface area contributed by atoms with E-state index in [-0.39, 0.29) is 5.91 Å². The summed E-state index contributed by atoms with van der Waals surface area (Å²) in [6.07, 6.45) is 0. The molecule has 0 fully saturated rings. The van der Waals surface area contributed by atoms with E-state index >= 15 is 0 Å². The topological polar surface area (TPSA) is 45.6 Å². The maximum Gasteiger partial charge on any atom is 0.267 e. The highest BCUT2D eigenvalue weighted by atomic mass is 32.2. The predicted octanol–water partition coefficient (Wildman–Crippen LogP) is 6.03. The van der Waals surface area contributed by atoms with Crippen molar-refractivity contribution in [3.8, 4) is 11.3 Å². The number of thioether (sulfide) groups is 1. The van der Waals surface area contributed by atoms with Crippen LogP contribution in [0.5, 0.6) is 0 Å². The van der Waals surface area contributed by atoms with Gasteiger partial charge in [0.05, 0.1) is 17.1 Å². The van der Waals surface area contributed by atoms with Gasteiger partial charge in [-0.1, -0.05) is 90.1 Å². The van der Waals surface area contributed by atoms with E-state index in [1.807, 2.05) is 66.0 Å². The lowest BCUT2D eigenvalue weighted by atomic mass is 10.1. The molecule has 1 aliphatic rings. The van der Waals surface area contributed by atoms with Crippen LogP contribution >= 0.6 is 23.1 Å². The number of hydrazone groups is 1. The number of anilines is 1. The molecular formula is C25H19N3OS2. The molecule has 1 aromatic heterocycles. The minimum absolute atomic E-state index is 0.0536. The fourth-order valence-electron chi connectivity index (χ4n) is 3.39. The highest BCUT2D eigenvalue weighted by molar-refractivity contribution is 8.03. The molecule has 0 saturated heterocycles. The van der Waals surface area contributed by atoms with Gasteiger partial charge in [-0.25, -0.2) is 4.98 Å². The lowest BCUT2D eigenvalue weighted by Crippen LogP contribution is -2.29. The number of aromatic nitrogens is 1. The Kier molecular flexibility index (Phi) is 5.40. The molecule has 4 nitrogen and oxygen atoms in total. The zero-order valence-corrected chi connectivity index (χ0v) is 18.4. The first-order chi connectivity index (χ1) is 15.2. The molecule has 1 atom stereocenters. The van der Waals surface area contributed by atoms with Crippen LogP contribution in [0.2, 0.25) is 0 Å². The van der Waals surface area contributed by atoms with Crippen LogP contribution in [0, 0.1) is 6.92 Å². The number of benzene rings is 3. The molecular weight excluding hydrogens is 422 g/mol. The Hall–Kier alpha value is -3.22. The number of carbonyl (C=O) groups is 1. The van der Waals surface area contributed by atoms with Crippen molar-refractivity contribution in [1.29, 1.82) is 0 Å². The van der Waals surface area contributed by atoms with Gasteiger partial charge in [-0.15, -0.1) is 11.3 Å². The molecule has 0 N–H and O–H groups in total. The van der Waals surface area contributed by atoms with E-state index in [0.717, 1.165) is 32.6 Å². The van der Waals surface area contributed by atoms with E-state index in [1.54, 1.807) is 11.3 Å². The van der Waals surface area contributed by atoms with Crippen molar-refractivity contribution in [3.63, 3.8) is 0 Å². The van der Waals surface area contributed by atoms with Gasteiger partial charge in [-0.3, -0.25) is 4.79 Å². The highest BCUT2D eigenvalue weighted by Gasteiger charge is 2.38. The van der Waals surface area contributed by atoms with Gasteiger partial charge in [-0.05, 0) is 24.6 Å². The summed E-state index contributed by atoms with van der Waals surface area (Å²) in [5.41, 5.74) is 5.69. The van der Waals surface area contributed by atoms with Crippen LogP contribution in [0.15, 0.2) is 99.8 Å². The van der Waals surface area contributed by atoms with Crippen LogP contribution in [0.4, 0.5) is 5.69 Å². The Morgan fingerprint density at radius 3 is 2.26 bits per heavy atom. The lowest BCUT2D eigenvalue weighted by molar-refractivity contribution is -0.116. The fourth-order valence-corrected chi connectivity index (χ4v) is 5.44. The molecule has 1 amide bonds. The van der Waals surface area contributed by atoms with E-state index in [1.165, 1.54) is 22.3 Å². The van der Waals surface area contributed by atoms with Crippen LogP contribution in [-0.4, -0.2) is 21.9 Å². The number of hydrogen-bond donors (Lipinski definition) is 0. The molecule has 1 aliphatic heterocycles. The second-order valence-corrected chi connectivity index (χ2v) is 9.41. The number of para-hydroxylation sites is 1.